The number of methoxy groups -OCH3 is 1. The largest absolute Gasteiger partial charge is 0.495 e. The number of benzene rings is 2. The van der Waals surface area contributed by atoms with Crippen molar-refractivity contribution in [3.8, 4) is 11.4 Å². The van der Waals surface area contributed by atoms with E-state index < -0.39 is 0 Å². The minimum atomic E-state index is -0.175. The summed E-state index contributed by atoms with van der Waals surface area (Å²) in [5.41, 5.74) is 2.77. The third kappa shape index (κ3) is 3.24. The van der Waals surface area contributed by atoms with Crippen LogP contribution in [-0.2, 0) is 6.54 Å². The van der Waals surface area contributed by atoms with Gasteiger partial charge >= 0.3 is 5.69 Å². The van der Waals surface area contributed by atoms with Crippen molar-refractivity contribution in [3.05, 3.63) is 76.8 Å². The number of fused-ring (bicyclic) bond motifs is 1. The monoisotopic (exact) mass is 387 g/mol. The Morgan fingerprint density at radius 2 is 1.86 bits per heavy atom. The van der Waals surface area contributed by atoms with E-state index >= 15 is 0 Å². The van der Waals surface area contributed by atoms with Gasteiger partial charge in [-0.2, -0.15) is 4.98 Å². The first-order chi connectivity index (χ1) is 14.2. The Bertz CT molecular complexity index is 1230. The fourth-order valence-corrected chi connectivity index (χ4v) is 3.47. The predicted octanol–water partition coefficient (Wildman–Crippen LogP) is 3.21. The van der Waals surface area contributed by atoms with Crippen molar-refractivity contribution in [2.45, 2.75) is 25.4 Å². The second kappa shape index (κ2) is 7.09. The molecule has 2 heterocycles. The van der Waals surface area contributed by atoms with Gasteiger partial charge in [0.05, 0.1) is 25.5 Å². The molecule has 7 heteroatoms. The van der Waals surface area contributed by atoms with Crippen LogP contribution >= 0.6 is 0 Å². The van der Waals surface area contributed by atoms with E-state index in [0.29, 0.717) is 41.1 Å². The highest BCUT2D eigenvalue weighted by molar-refractivity contribution is 5.75. The molecule has 2 aromatic carbocycles. The van der Waals surface area contributed by atoms with Crippen molar-refractivity contribution in [2.24, 2.45) is 0 Å². The van der Waals surface area contributed by atoms with Crippen molar-refractivity contribution < 1.29 is 4.74 Å². The summed E-state index contributed by atoms with van der Waals surface area (Å²) in [6, 6.07) is 17.8. The summed E-state index contributed by atoms with van der Waals surface area (Å²) in [7, 11) is 1.60. The smallest absolute Gasteiger partial charge is 0.335 e. The van der Waals surface area contributed by atoms with E-state index in [-0.39, 0.29) is 5.69 Å². The van der Waals surface area contributed by atoms with E-state index in [1.807, 2.05) is 54.6 Å². The number of nitrogens with zero attached hydrogens (tertiary/aromatic N) is 4. The van der Waals surface area contributed by atoms with Crippen LogP contribution in [0.5, 0.6) is 5.75 Å². The number of imidazole rings is 1. The van der Waals surface area contributed by atoms with Crippen LogP contribution in [0.15, 0.2) is 65.6 Å². The van der Waals surface area contributed by atoms with Crippen LogP contribution in [-0.4, -0.2) is 32.3 Å². The number of para-hydroxylation sites is 2. The molecule has 1 aliphatic rings. The third-order valence-electron chi connectivity index (χ3n) is 5.09. The molecule has 29 heavy (non-hydrogen) atoms. The molecule has 2 aromatic heterocycles. The lowest BCUT2D eigenvalue weighted by atomic mass is 10.2. The van der Waals surface area contributed by atoms with Gasteiger partial charge in [0.1, 0.15) is 11.3 Å². The number of hydrogen-bond donors (Lipinski definition) is 1. The number of ether oxygens (including phenoxy) is 1. The maximum Gasteiger partial charge on any atom is 0.335 e. The van der Waals surface area contributed by atoms with E-state index in [9.17, 15) is 4.79 Å². The SMILES string of the molecule is COc1ccccc1-n1c(=O)n(Cc2ccccc2)c2cnc(NC3CC3)nc21. The van der Waals surface area contributed by atoms with Gasteiger partial charge in [0.15, 0.2) is 5.65 Å². The Kier molecular flexibility index (Phi) is 4.27. The van der Waals surface area contributed by atoms with Crippen LogP contribution in [0.1, 0.15) is 18.4 Å². The normalized spacial score (nSPS) is 13.6. The average Bonchev–Trinajstić information content (AvgIpc) is 3.53. The molecule has 0 bridgehead atoms. The summed E-state index contributed by atoms with van der Waals surface area (Å²) < 4.78 is 8.82. The van der Waals surface area contributed by atoms with Gasteiger partial charge in [0.25, 0.3) is 0 Å². The predicted molar refractivity (Wildman–Crippen MR) is 112 cm³/mol. The van der Waals surface area contributed by atoms with Crippen LogP contribution in [0, 0.1) is 0 Å². The Morgan fingerprint density at radius 3 is 2.62 bits per heavy atom. The number of anilines is 1. The van der Waals surface area contributed by atoms with Gasteiger partial charge in [-0.1, -0.05) is 42.5 Å². The zero-order valence-corrected chi connectivity index (χ0v) is 16.1. The lowest BCUT2D eigenvalue weighted by Crippen LogP contribution is -2.24. The topological polar surface area (TPSA) is 74.0 Å². The van der Waals surface area contributed by atoms with E-state index in [0.717, 1.165) is 18.4 Å². The standard InChI is InChI=1S/C22H21N5O2/c1-29-19-10-6-5-9-17(19)27-20-18(13-23-21(25-20)24-16-11-12-16)26(22(27)28)14-15-7-3-2-4-8-15/h2-10,13,16H,11-12,14H2,1H3,(H,23,24,25). The molecule has 5 rings (SSSR count). The maximum atomic E-state index is 13.5. The molecule has 7 nitrogen and oxygen atoms in total. The summed E-state index contributed by atoms with van der Waals surface area (Å²) in [5.74, 6) is 1.16. The van der Waals surface area contributed by atoms with Crippen LogP contribution in [0.25, 0.3) is 16.9 Å². The van der Waals surface area contributed by atoms with E-state index in [2.05, 4.69) is 10.3 Å². The summed E-state index contributed by atoms with van der Waals surface area (Å²) in [6.45, 7) is 0.442. The Morgan fingerprint density at radius 1 is 1.10 bits per heavy atom. The van der Waals surface area contributed by atoms with Crippen LogP contribution in [0.2, 0.25) is 0 Å². The minimum Gasteiger partial charge on any atom is -0.495 e. The van der Waals surface area contributed by atoms with E-state index in [4.69, 9.17) is 9.72 Å². The summed E-state index contributed by atoms with van der Waals surface area (Å²) in [4.78, 5) is 22.6. The summed E-state index contributed by atoms with van der Waals surface area (Å²) >= 11 is 0. The first kappa shape index (κ1) is 17.5. The molecular formula is C22H21N5O2. The zero-order valence-electron chi connectivity index (χ0n) is 16.1. The Balaban J connectivity index is 1.73. The highest BCUT2D eigenvalue weighted by atomic mass is 16.5. The first-order valence-electron chi connectivity index (χ1n) is 9.67. The Labute approximate surface area is 167 Å². The molecule has 1 fully saturated rings. The third-order valence-corrected chi connectivity index (χ3v) is 5.09. The second-order valence-electron chi connectivity index (χ2n) is 7.18. The van der Waals surface area contributed by atoms with Gasteiger partial charge in [-0.15, -0.1) is 0 Å². The molecule has 4 aromatic rings. The fraction of sp³-hybridized carbons (Fsp3) is 0.227. The molecular weight excluding hydrogens is 366 g/mol. The quantitative estimate of drug-likeness (QED) is 0.550. The number of hydrogen-bond acceptors (Lipinski definition) is 5. The van der Waals surface area contributed by atoms with Crippen LogP contribution < -0.4 is 15.7 Å². The molecule has 0 saturated heterocycles. The molecule has 1 saturated carbocycles. The van der Waals surface area contributed by atoms with E-state index in [1.54, 1.807) is 22.4 Å². The first-order valence-corrected chi connectivity index (χ1v) is 9.67. The zero-order chi connectivity index (χ0) is 19.8. The van der Waals surface area contributed by atoms with Crippen molar-refractivity contribution in [2.75, 3.05) is 12.4 Å². The highest BCUT2D eigenvalue weighted by Crippen LogP contribution is 2.27. The molecule has 1 N–H and O–H groups in total. The molecule has 0 amide bonds. The number of nitrogens with one attached hydrogen (secondary N) is 1. The molecule has 0 radical (unpaired) electrons. The maximum absolute atomic E-state index is 13.5. The van der Waals surface area contributed by atoms with Crippen molar-refractivity contribution in [1.29, 1.82) is 0 Å². The second-order valence-corrected chi connectivity index (χ2v) is 7.18. The van der Waals surface area contributed by atoms with E-state index in [1.165, 1.54) is 0 Å². The van der Waals surface area contributed by atoms with Crippen LogP contribution in [0.3, 0.4) is 0 Å². The van der Waals surface area contributed by atoms with Crippen molar-refractivity contribution in [3.63, 3.8) is 0 Å². The number of rotatable bonds is 6. The van der Waals surface area contributed by atoms with Gasteiger partial charge < -0.3 is 10.1 Å². The van der Waals surface area contributed by atoms with Crippen molar-refractivity contribution >= 4 is 17.1 Å². The lowest BCUT2D eigenvalue weighted by molar-refractivity contribution is 0.412. The summed E-state index contributed by atoms with van der Waals surface area (Å²) in [5, 5.41) is 3.32. The molecule has 0 aliphatic heterocycles. The molecule has 146 valence electrons. The molecule has 0 atom stereocenters. The number of aromatic nitrogens is 4. The highest BCUT2D eigenvalue weighted by Gasteiger charge is 2.24. The van der Waals surface area contributed by atoms with Crippen LogP contribution in [0.4, 0.5) is 5.95 Å². The van der Waals surface area contributed by atoms with Gasteiger partial charge in [0.2, 0.25) is 5.95 Å². The molecule has 0 spiro atoms. The van der Waals surface area contributed by atoms with Gasteiger partial charge in [-0.3, -0.25) is 4.57 Å². The molecule has 0 unspecified atom stereocenters. The van der Waals surface area contributed by atoms with Gasteiger partial charge in [-0.05, 0) is 30.5 Å². The minimum absolute atomic E-state index is 0.175. The van der Waals surface area contributed by atoms with Crippen molar-refractivity contribution in [1.82, 2.24) is 19.1 Å². The Hall–Kier alpha value is -3.61. The fourth-order valence-electron chi connectivity index (χ4n) is 3.47. The average molecular weight is 387 g/mol. The summed E-state index contributed by atoms with van der Waals surface area (Å²) in [6.07, 6.45) is 3.97. The van der Waals surface area contributed by atoms with Gasteiger partial charge in [0, 0.05) is 6.04 Å². The van der Waals surface area contributed by atoms with Gasteiger partial charge in [-0.25, -0.2) is 14.3 Å². The molecule has 1 aliphatic carbocycles. The lowest BCUT2D eigenvalue weighted by Gasteiger charge is -2.09.